The van der Waals surface area contributed by atoms with E-state index in [9.17, 15) is 9.59 Å². The molecule has 0 aliphatic carbocycles. The summed E-state index contributed by atoms with van der Waals surface area (Å²) in [6.45, 7) is 0.276. The molecule has 0 saturated carbocycles. The molecule has 0 radical (unpaired) electrons. The number of piperidine rings is 1. The molecule has 0 N–H and O–H groups in total. The monoisotopic (exact) mass is 400 g/mol. The van der Waals surface area contributed by atoms with Crippen molar-refractivity contribution >= 4 is 22.6 Å². The van der Waals surface area contributed by atoms with Gasteiger partial charge >= 0.3 is 6.09 Å². The number of ether oxygens (including phenoxy) is 1. The summed E-state index contributed by atoms with van der Waals surface area (Å²) in [5, 5.41) is 1.93. The number of benzene rings is 2. The van der Waals surface area contributed by atoms with Crippen molar-refractivity contribution < 1.29 is 14.3 Å². The van der Waals surface area contributed by atoms with Crippen LogP contribution < -0.4 is 0 Å². The lowest BCUT2D eigenvalue weighted by atomic mass is 9.85. The smallest absolute Gasteiger partial charge is 0.410 e. The first kappa shape index (κ1) is 18.8. The molecule has 5 rings (SSSR count). The second-order valence-corrected chi connectivity index (χ2v) is 8.25. The minimum Gasteiger partial charge on any atom is -0.445 e. The molecule has 2 bridgehead atoms. The van der Waals surface area contributed by atoms with Gasteiger partial charge in [-0.3, -0.25) is 9.78 Å². The summed E-state index contributed by atoms with van der Waals surface area (Å²) in [4.78, 5) is 32.4. The highest BCUT2D eigenvalue weighted by molar-refractivity contribution is 6.07. The molecule has 2 atom stereocenters. The maximum Gasteiger partial charge on any atom is 0.410 e. The van der Waals surface area contributed by atoms with Gasteiger partial charge in [-0.15, -0.1) is 0 Å². The van der Waals surface area contributed by atoms with E-state index in [0.717, 1.165) is 29.2 Å². The first-order chi connectivity index (χ1) is 14.7. The lowest BCUT2D eigenvalue weighted by molar-refractivity contribution is 0.0484. The molecule has 2 unspecified atom stereocenters. The number of aromatic nitrogens is 1. The number of pyridine rings is 1. The predicted octanol–water partition coefficient (Wildman–Crippen LogP) is 5.00. The van der Waals surface area contributed by atoms with Crippen LogP contribution in [-0.4, -0.2) is 33.8 Å². The summed E-state index contributed by atoms with van der Waals surface area (Å²) in [5.74, 6) is -0.0000163. The summed E-state index contributed by atoms with van der Waals surface area (Å²) in [6, 6.07) is 19.6. The quantitative estimate of drug-likeness (QED) is 0.579. The summed E-state index contributed by atoms with van der Waals surface area (Å²) < 4.78 is 5.58. The van der Waals surface area contributed by atoms with Crippen molar-refractivity contribution in [2.45, 2.75) is 44.4 Å². The van der Waals surface area contributed by atoms with E-state index in [1.54, 1.807) is 6.20 Å². The van der Waals surface area contributed by atoms with Crippen molar-refractivity contribution in [2.75, 3.05) is 0 Å². The van der Waals surface area contributed by atoms with Crippen LogP contribution in [0.3, 0.4) is 0 Å². The highest BCUT2D eigenvalue weighted by Gasteiger charge is 2.46. The van der Waals surface area contributed by atoms with Crippen molar-refractivity contribution in [3.05, 3.63) is 78.1 Å². The molecule has 3 heterocycles. The number of Topliss-reactive ketones (excluding diaryl/α,β-unsaturated/α-hetero) is 1. The van der Waals surface area contributed by atoms with Crippen molar-refractivity contribution in [2.24, 2.45) is 5.92 Å². The van der Waals surface area contributed by atoms with Crippen molar-refractivity contribution in [1.29, 1.82) is 0 Å². The number of amides is 1. The number of carbonyl (C=O) groups excluding carboxylic acids is 2. The Morgan fingerprint density at radius 2 is 1.63 bits per heavy atom. The second kappa shape index (κ2) is 7.90. The summed E-state index contributed by atoms with van der Waals surface area (Å²) in [5.41, 5.74) is 1.53. The zero-order chi connectivity index (χ0) is 20.5. The van der Waals surface area contributed by atoms with Crippen LogP contribution in [0.1, 0.15) is 41.7 Å². The van der Waals surface area contributed by atoms with Gasteiger partial charge in [-0.25, -0.2) is 4.79 Å². The summed E-state index contributed by atoms with van der Waals surface area (Å²) in [7, 11) is 0. The average molecular weight is 400 g/mol. The fourth-order valence-electron chi connectivity index (χ4n) is 4.99. The Morgan fingerprint density at radius 1 is 0.933 bits per heavy atom. The molecule has 3 aromatic rings. The Hall–Kier alpha value is -3.21. The number of carbonyl (C=O) groups is 2. The molecular formula is C25H24N2O3. The van der Waals surface area contributed by atoms with Gasteiger partial charge in [-0.1, -0.05) is 54.6 Å². The van der Waals surface area contributed by atoms with E-state index in [0.29, 0.717) is 18.5 Å². The van der Waals surface area contributed by atoms with E-state index in [1.165, 1.54) is 0 Å². The predicted molar refractivity (Wildman–Crippen MR) is 114 cm³/mol. The Labute approximate surface area is 175 Å². The maximum atomic E-state index is 13.3. The van der Waals surface area contributed by atoms with Gasteiger partial charge in [0.2, 0.25) is 0 Å². The van der Waals surface area contributed by atoms with Crippen LogP contribution in [-0.2, 0) is 11.3 Å². The van der Waals surface area contributed by atoms with Crippen molar-refractivity contribution in [3.63, 3.8) is 0 Å². The lowest BCUT2D eigenvalue weighted by Crippen LogP contribution is -2.48. The van der Waals surface area contributed by atoms with E-state index < -0.39 is 0 Å². The highest BCUT2D eigenvalue weighted by Crippen LogP contribution is 2.40. The molecule has 0 spiro atoms. The van der Waals surface area contributed by atoms with Gasteiger partial charge in [0.15, 0.2) is 5.78 Å². The average Bonchev–Trinajstić information content (AvgIpc) is 3.06. The highest BCUT2D eigenvalue weighted by atomic mass is 16.6. The zero-order valence-electron chi connectivity index (χ0n) is 16.7. The number of rotatable bonds is 4. The zero-order valence-corrected chi connectivity index (χ0v) is 16.7. The van der Waals surface area contributed by atoms with Crippen LogP contribution >= 0.6 is 0 Å². The van der Waals surface area contributed by atoms with Crippen LogP contribution in [0.15, 0.2) is 66.9 Å². The topological polar surface area (TPSA) is 59.5 Å². The number of ketones is 1. The third-order valence-corrected chi connectivity index (χ3v) is 6.43. The van der Waals surface area contributed by atoms with E-state index in [1.807, 2.05) is 65.6 Å². The van der Waals surface area contributed by atoms with Gasteiger partial charge in [0.05, 0.1) is 0 Å². The van der Waals surface area contributed by atoms with Gasteiger partial charge in [0.1, 0.15) is 12.3 Å². The van der Waals surface area contributed by atoms with Gasteiger partial charge in [0, 0.05) is 29.6 Å². The molecule has 5 heteroatoms. The molecule has 1 aromatic heterocycles. The normalized spacial score (nSPS) is 22.8. The Morgan fingerprint density at radius 3 is 2.40 bits per heavy atom. The summed E-state index contributed by atoms with van der Waals surface area (Å²) >= 11 is 0. The van der Waals surface area contributed by atoms with Crippen molar-refractivity contribution in [3.8, 4) is 0 Å². The van der Waals surface area contributed by atoms with Gasteiger partial charge < -0.3 is 9.64 Å². The molecule has 2 saturated heterocycles. The first-order valence-corrected chi connectivity index (χ1v) is 10.6. The fraction of sp³-hybridized carbons (Fsp3) is 0.320. The van der Waals surface area contributed by atoms with E-state index in [4.69, 9.17) is 4.74 Å². The van der Waals surface area contributed by atoms with Gasteiger partial charge in [0.25, 0.3) is 0 Å². The molecule has 2 aliphatic heterocycles. The van der Waals surface area contributed by atoms with E-state index >= 15 is 0 Å². The minimum atomic E-state index is -0.263. The maximum absolute atomic E-state index is 13.3. The molecule has 2 fully saturated rings. The van der Waals surface area contributed by atoms with E-state index in [-0.39, 0.29) is 36.5 Å². The second-order valence-electron chi connectivity index (χ2n) is 8.25. The number of nitrogens with zero attached hydrogens (tertiary/aromatic N) is 2. The van der Waals surface area contributed by atoms with Gasteiger partial charge in [-0.05, 0) is 42.7 Å². The molecule has 2 aliphatic rings. The molecule has 152 valence electrons. The Kier molecular flexibility index (Phi) is 4.95. The third kappa shape index (κ3) is 3.45. The first-order valence-electron chi connectivity index (χ1n) is 10.6. The lowest BCUT2D eigenvalue weighted by Gasteiger charge is -2.37. The molecule has 1 amide bonds. The Balaban J connectivity index is 1.29. The van der Waals surface area contributed by atoms with Crippen LogP contribution in [0.25, 0.3) is 10.8 Å². The molecule has 5 nitrogen and oxygen atoms in total. The molecule has 30 heavy (non-hydrogen) atoms. The third-order valence-electron chi connectivity index (χ3n) is 6.43. The van der Waals surface area contributed by atoms with Crippen LogP contribution in [0, 0.1) is 5.92 Å². The van der Waals surface area contributed by atoms with Crippen LogP contribution in [0.2, 0.25) is 0 Å². The van der Waals surface area contributed by atoms with E-state index in [2.05, 4.69) is 4.98 Å². The largest absolute Gasteiger partial charge is 0.445 e. The summed E-state index contributed by atoms with van der Waals surface area (Å²) in [6.07, 6.45) is 4.66. The number of hydrogen-bond donors (Lipinski definition) is 0. The van der Waals surface area contributed by atoms with Crippen molar-refractivity contribution in [1.82, 2.24) is 9.88 Å². The van der Waals surface area contributed by atoms with Crippen LogP contribution in [0.5, 0.6) is 0 Å². The number of hydrogen-bond acceptors (Lipinski definition) is 4. The van der Waals surface area contributed by atoms with Crippen LogP contribution in [0.4, 0.5) is 4.79 Å². The van der Waals surface area contributed by atoms with Gasteiger partial charge in [-0.2, -0.15) is 0 Å². The minimum absolute atomic E-state index is 0.0657. The SMILES string of the molecule is O=C(c1nccc2ccccc12)C1CC2CCC(C1)N2C(=O)OCc1ccccc1. The standard InChI is InChI=1S/C25H24N2O3/c28-24(23-22-9-5-4-8-18(22)12-13-26-23)19-14-20-10-11-21(15-19)27(20)25(29)30-16-17-6-2-1-3-7-17/h1-9,12-13,19-21H,10-11,14-16H2. The fourth-order valence-corrected chi connectivity index (χ4v) is 4.99. The molecular weight excluding hydrogens is 376 g/mol. The Bertz CT molecular complexity index is 1060. The number of fused-ring (bicyclic) bond motifs is 3. The molecule has 2 aromatic carbocycles.